The van der Waals surface area contributed by atoms with Gasteiger partial charge in [0.25, 0.3) is 5.91 Å². The van der Waals surface area contributed by atoms with Crippen molar-refractivity contribution in [3.8, 4) is 22.9 Å². The number of nitrogens with one attached hydrogen (secondary N) is 1. The summed E-state index contributed by atoms with van der Waals surface area (Å²) in [6, 6.07) is 14.6. The summed E-state index contributed by atoms with van der Waals surface area (Å²) in [4.78, 5) is 17.1. The molecule has 0 radical (unpaired) electrons. The molecule has 4 aromatic rings. The Morgan fingerprint density at radius 2 is 1.90 bits per heavy atom. The first kappa shape index (κ1) is 18.4. The molecule has 0 fully saturated rings. The van der Waals surface area contributed by atoms with Crippen molar-refractivity contribution in [2.24, 2.45) is 0 Å². The number of ether oxygens (including phenoxy) is 2. The molecule has 0 saturated carbocycles. The maximum absolute atomic E-state index is 14.3. The second-order valence-electron chi connectivity index (χ2n) is 6.15. The minimum atomic E-state index is -0.555. The topological polar surface area (TPSA) is 77.8 Å². The van der Waals surface area contributed by atoms with Crippen LogP contribution in [0.1, 0.15) is 10.4 Å². The van der Waals surface area contributed by atoms with Crippen molar-refractivity contribution in [3.63, 3.8) is 0 Å². The third-order valence-corrected chi connectivity index (χ3v) is 4.37. The molecule has 2 aromatic carbocycles. The van der Waals surface area contributed by atoms with Gasteiger partial charge in [-0.25, -0.2) is 13.9 Å². The van der Waals surface area contributed by atoms with E-state index in [-0.39, 0.29) is 5.69 Å². The van der Waals surface area contributed by atoms with Gasteiger partial charge >= 0.3 is 0 Å². The van der Waals surface area contributed by atoms with Crippen molar-refractivity contribution in [2.75, 3.05) is 19.5 Å². The van der Waals surface area contributed by atoms with E-state index in [1.165, 1.54) is 26.4 Å². The molecule has 2 heterocycles. The second kappa shape index (κ2) is 7.59. The first-order valence-corrected chi connectivity index (χ1v) is 8.74. The molecular weight excluding hydrogens is 375 g/mol. The minimum Gasteiger partial charge on any atom is -0.496 e. The molecule has 4 rings (SSSR count). The Morgan fingerprint density at radius 3 is 2.69 bits per heavy atom. The van der Waals surface area contributed by atoms with Crippen molar-refractivity contribution >= 4 is 17.2 Å². The number of carbonyl (C=O) groups excluding carboxylic acids is 1. The van der Waals surface area contributed by atoms with Crippen molar-refractivity contribution < 1.29 is 18.7 Å². The smallest absolute Gasteiger partial charge is 0.259 e. The minimum absolute atomic E-state index is 0.0426. The van der Waals surface area contributed by atoms with Gasteiger partial charge in [-0.05, 0) is 36.4 Å². The first-order valence-electron chi connectivity index (χ1n) is 8.74. The van der Waals surface area contributed by atoms with E-state index in [0.29, 0.717) is 34.1 Å². The lowest BCUT2D eigenvalue weighted by molar-refractivity contribution is 0.102. The van der Waals surface area contributed by atoms with Crippen molar-refractivity contribution in [2.45, 2.75) is 0 Å². The van der Waals surface area contributed by atoms with Crippen LogP contribution < -0.4 is 14.8 Å². The van der Waals surface area contributed by atoms with Crippen LogP contribution in [0.2, 0.25) is 0 Å². The van der Waals surface area contributed by atoms with Crippen LogP contribution in [0.15, 0.2) is 60.8 Å². The number of para-hydroxylation sites is 1. The molecule has 0 bridgehead atoms. The van der Waals surface area contributed by atoms with E-state index in [4.69, 9.17) is 9.47 Å². The predicted molar refractivity (Wildman–Crippen MR) is 106 cm³/mol. The number of nitrogens with zero attached hydrogens (tertiary/aromatic N) is 3. The zero-order valence-corrected chi connectivity index (χ0v) is 15.7. The normalized spacial score (nSPS) is 10.7. The van der Waals surface area contributed by atoms with Gasteiger partial charge < -0.3 is 14.8 Å². The molecule has 0 saturated heterocycles. The van der Waals surface area contributed by atoms with Crippen molar-refractivity contribution in [1.29, 1.82) is 0 Å². The summed E-state index contributed by atoms with van der Waals surface area (Å²) in [5.41, 5.74) is 2.18. The zero-order chi connectivity index (χ0) is 20.4. The molecule has 1 amide bonds. The lowest BCUT2D eigenvalue weighted by Crippen LogP contribution is -2.14. The Kier molecular flexibility index (Phi) is 4.82. The zero-order valence-electron chi connectivity index (χ0n) is 15.7. The summed E-state index contributed by atoms with van der Waals surface area (Å²) in [5.74, 6) is -0.173. The summed E-state index contributed by atoms with van der Waals surface area (Å²) < 4.78 is 26.2. The number of benzene rings is 2. The van der Waals surface area contributed by atoms with Crippen LogP contribution >= 0.6 is 0 Å². The molecule has 0 spiro atoms. The lowest BCUT2D eigenvalue weighted by atomic mass is 10.1. The number of halogens is 1. The summed E-state index contributed by atoms with van der Waals surface area (Å²) in [6.45, 7) is 0. The standard InChI is InChI=1S/C21H17FN4O3/c1-28-18-6-4-3-5-14(18)21(27)24-16-11-13(7-8-15(16)22)17-12-26-19(23-17)9-10-20(25-26)29-2/h3-12H,1-2H3,(H,24,27). The van der Waals surface area contributed by atoms with E-state index in [1.54, 1.807) is 53.2 Å². The van der Waals surface area contributed by atoms with Gasteiger partial charge in [0.2, 0.25) is 5.88 Å². The fourth-order valence-electron chi connectivity index (χ4n) is 2.91. The number of methoxy groups -OCH3 is 2. The average Bonchev–Trinajstić information content (AvgIpc) is 3.18. The van der Waals surface area contributed by atoms with Crippen molar-refractivity contribution in [3.05, 3.63) is 72.2 Å². The number of carbonyl (C=O) groups is 1. The molecule has 2 aromatic heterocycles. The van der Waals surface area contributed by atoms with Gasteiger partial charge in [-0.2, -0.15) is 0 Å². The van der Waals surface area contributed by atoms with E-state index >= 15 is 0 Å². The number of fused-ring (bicyclic) bond motifs is 1. The summed E-state index contributed by atoms with van der Waals surface area (Å²) in [6.07, 6.45) is 1.71. The Balaban J connectivity index is 1.66. The highest BCUT2D eigenvalue weighted by atomic mass is 19.1. The maximum Gasteiger partial charge on any atom is 0.259 e. The highest BCUT2D eigenvalue weighted by Gasteiger charge is 2.15. The molecule has 7 nitrogen and oxygen atoms in total. The Labute approximate surface area is 165 Å². The number of aromatic nitrogens is 3. The van der Waals surface area contributed by atoms with Crippen LogP contribution in [0.3, 0.4) is 0 Å². The highest BCUT2D eigenvalue weighted by Crippen LogP contribution is 2.26. The van der Waals surface area contributed by atoms with Crippen LogP contribution in [-0.4, -0.2) is 34.7 Å². The summed E-state index contributed by atoms with van der Waals surface area (Å²) in [7, 11) is 3.00. The fourth-order valence-corrected chi connectivity index (χ4v) is 2.91. The molecular formula is C21H17FN4O3. The van der Waals surface area contributed by atoms with Crippen LogP contribution in [-0.2, 0) is 0 Å². The largest absolute Gasteiger partial charge is 0.496 e. The van der Waals surface area contributed by atoms with Gasteiger partial charge in [0, 0.05) is 11.6 Å². The van der Waals surface area contributed by atoms with E-state index in [1.807, 2.05) is 0 Å². The fraction of sp³-hybridized carbons (Fsp3) is 0.0952. The monoisotopic (exact) mass is 392 g/mol. The van der Waals surface area contributed by atoms with Crippen LogP contribution in [0.5, 0.6) is 11.6 Å². The van der Waals surface area contributed by atoms with Crippen molar-refractivity contribution in [1.82, 2.24) is 14.6 Å². The quantitative estimate of drug-likeness (QED) is 0.559. The highest BCUT2D eigenvalue weighted by molar-refractivity contribution is 6.06. The molecule has 0 unspecified atom stereocenters. The molecule has 0 aliphatic rings. The molecule has 29 heavy (non-hydrogen) atoms. The molecule has 146 valence electrons. The first-order chi connectivity index (χ1) is 14.1. The van der Waals surface area contributed by atoms with Crippen LogP contribution in [0, 0.1) is 5.82 Å². The van der Waals surface area contributed by atoms with Gasteiger partial charge in [0.15, 0.2) is 5.65 Å². The number of rotatable bonds is 5. The van der Waals surface area contributed by atoms with E-state index < -0.39 is 11.7 Å². The average molecular weight is 392 g/mol. The van der Waals surface area contributed by atoms with Gasteiger partial charge in [0.1, 0.15) is 11.6 Å². The Morgan fingerprint density at radius 1 is 1.07 bits per heavy atom. The van der Waals surface area contributed by atoms with Crippen LogP contribution in [0.25, 0.3) is 16.9 Å². The lowest BCUT2D eigenvalue weighted by Gasteiger charge is -2.10. The maximum atomic E-state index is 14.3. The van der Waals surface area contributed by atoms with E-state index in [0.717, 1.165) is 0 Å². The van der Waals surface area contributed by atoms with Gasteiger partial charge in [-0.3, -0.25) is 4.79 Å². The van der Waals surface area contributed by atoms with Gasteiger partial charge in [-0.1, -0.05) is 12.1 Å². The molecule has 0 atom stereocenters. The number of hydrogen-bond acceptors (Lipinski definition) is 5. The summed E-state index contributed by atoms with van der Waals surface area (Å²) >= 11 is 0. The third-order valence-electron chi connectivity index (χ3n) is 4.37. The Bertz CT molecular complexity index is 1210. The molecule has 0 aliphatic heterocycles. The number of hydrogen-bond donors (Lipinski definition) is 1. The number of amides is 1. The van der Waals surface area contributed by atoms with Gasteiger partial charge in [-0.15, -0.1) is 5.10 Å². The summed E-state index contributed by atoms with van der Waals surface area (Å²) in [5, 5.41) is 6.86. The molecule has 8 heteroatoms. The van der Waals surface area contributed by atoms with E-state index in [2.05, 4.69) is 15.4 Å². The number of anilines is 1. The second-order valence-corrected chi connectivity index (χ2v) is 6.15. The van der Waals surface area contributed by atoms with Crippen LogP contribution in [0.4, 0.5) is 10.1 Å². The third kappa shape index (κ3) is 3.60. The predicted octanol–water partition coefficient (Wildman–Crippen LogP) is 3.80. The Hall–Kier alpha value is -3.94. The molecule has 0 aliphatic carbocycles. The number of imidazole rings is 1. The van der Waals surface area contributed by atoms with Gasteiger partial charge in [0.05, 0.1) is 37.4 Å². The SMILES string of the molecule is COc1ccc2nc(-c3ccc(F)c(NC(=O)c4ccccc4OC)c3)cn2n1. The van der Waals surface area contributed by atoms with E-state index in [9.17, 15) is 9.18 Å². The molecule has 1 N–H and O–H groups in total.